The third-order valence-electron chi connectivity index (χ3n) is 1.99. The molecule has 0 unspecified atom stereocenters. The van der Waals surface area contributed by atoms with E-state index in [0.717, 1.165) is 12.8 Å². The minimum Gasteiger partial charge on any atom is -0.474 e. The number of ether oxygens (including phenoxy) is 1. The zero-order chi connectivity index (χ0) is 11.2. The monoisotopic (exact) mass is 232 g/mol. The zero-order valence-electron chi connectivity index (χ0n) is 8.95. The summed E-state index contributed by atoms with van der Waals surface area (Å²) in [5.41, 5.74) is 0. The minimum atomic E-state index is -0.713. The molecule has 0 amide bonds. The summed E-state index contributed by atoms with van der Waals surface area (Å²) in [5.74, 6) is -0.713. The number of thiol groups is 1. The summed E-state index contributed by atoms with van der Waals surface area (Å²) in [6.07, 6.45) is 1.97. The maximum atomic E-state index is 10.4. The standard InChI is InChI=1S/C9H17BO2S2/c1-4-9(13,5-2)14-7(3)6-12-8(10)11/h7,13H,4-6H2,1-3H3/t7-/m0/s1. The molecule has 80 valence electrons. The number of carbonyl (C=O) groups is 1. The highest BCUT2D eigenvalue weighted by atomic mass is 32.2. The maximum Gasteiger partial charge on any atom is 0.235 e. The van der Waals surface area contributed by atoms with Gasteiger partial charge in [0.2, 0.25) is 13.7 Å². The van der Waals surface area contributed by atoms with Crippen LogP contribution >= 0.6 is 24.4 Å². The molecule has 0 saturated heterocycles. The van der Waals surface area contributed by atoms with Gasteiger partial charge in [-0.25, -0.2) is 0 Å². The van der Waals surface area contributed by atoms with Gasteiger partial charge >= 0.3 is 0 Å². The van der Waals surface area contributed by atoms with Gasteiger partial charge in [0.05, 0.1) is 4.08 Å². The molecule has 5 heteroatoms. The second-order valence-corrected chi connectivity index (χ2v) is 6.19. The molecule has 0 aliphatic rings. The van der Waals surface area contributed by atoms with Gasteiger partial charge < -0.3 is 4.74 Å². The Kier molecular flexibility index (Phi) is 6.78. The van der Waals surface area contributed by atoms with Gasteiger partial charge in [0.1, 0.15) is 6.61 Å². The maximum absolute atomic E-state index is 10.4. The summed E-state index contributed by atoms with van der Waals surface area (Å²) in [6, 6.07) is 0. The first-order valence-electron chi connectivity index (χ1n) is 4.76. The van der Waals surface area contributed by atoms with E-state index in [-0.39, 0.29) is 9.33 Å². The molecule has 0 aromatic carbocycles. The lowest BCUT2D eigenvalue weighted by molar-refractivity contribution is 0.175. The van der Waals surface area contributed by atoms with E-state index in [1.807, 2.05) is 6.92 Å². The molecule has 2 nitrogen and oxygen atoms in total. The van der Waals surface area contributed by atoms with E-state index in [4.69, 9.17) is 12.6 Å². The lowest BCUT2D eigenvalue weighted by atomic mass is 10.2. The summed E-state index contributed by atoms with van der Waals surface area (Å²) in [4.78, 5) is 10.4. The van der Waals surface area contributed by atoms with Crippen LogP contribution in [0.5, 0.6) is 0 Å². The van der Waals surface area contributed by atoms with Crippen LogP contribution in [0.2, 0.25) is 0 Å². The van der Waals surface area contributed by atoms with Gasteiger partial charge in [-0.2, -0.15) is 12.6 Å². The minimum absolute atomic E-state index is 0.0274. The predicted octanol–water partition coefficient (Wildman–Crippen LogP) is 2.86. The van der Waals surface area contributed by atoms with E-state index < -0.39 is 5.87 Å². The van der Waals surface area contributed by atoms with Gasteiger partial charge in [-0.1, -0.05) is 13.8 Å². The van der Waals surface area contributed by atoms with Crippen molar-refractivity contribution in [3.05, 3.63) is 0 Å². The molecule has 0 bridgehead atoms. The molecule has 0 fully saturated rings. The fourth-order valence-corrected chi connectivity index (χ4v) is 2.78. The Hall–Kier alpha value is 0.235. The molecule has 14 heavy (non-hydrogen) atoms. The molecule has 0 aromatic heterocycles. The number of rotatable bonds is 6. The van der Waals surface area contributed by atoms with Gasteiger partial charge in [0.25, 0.3) is 0 Å². The smallest absolute Gasteiger partial charge is 0.235 e. The third kappa shape index (κ3) is 5.86. The second-order valence-electron chi connectivity index (χ2n) is 3.21. The van der Waals surface area contributed by atoms with E-state index in [2.05, 4.69) is 26.5 Å². The van der Waals surface area contributed by atoms with Crippen LogP contribution in [0, 0.1) is 0 Å². The average Bonchev–Trinajstić information content (AvgIpc) is 2.14. The molecule has 0 heterocycles. The largest absolute Gasteiger partial charge is 0.474 e. The van der Waals surface area contributed by atoms with Gasteiger partial charge in [-0.05, 0) is 19.8 Å². The first kappa shape index (κ1) is 14.2. The van der Waals surface area contributed by atoms with Crippen molar-refractivity contribution >= 4 is 38.1 Å². The molecular weight excluding hydrogens is 215 g/mol. The Morgan fingerprint density at radius 2 is 2.07 bits per heavy atom. The van der Waals surface area contributed by atoms with Crippen molar-refractivity contribution in [3.63, 3.8) is 0 Å². The van der Waals surface area contributed by atoms with Crippen LogP contribution in [0.25, 0.3) is 0 Å². The summed E-state index contributed by atoms with van der Waals surface area (Å²) >= 11 is 6.31. The van der Waals surface area contributed by atoms with Crippen molar-refractivity contribution < 1.29 is 9.53 Å². The molecule has 0 saturated carbocycles. The first-order chi connectivity index (χ1) is 6.43. The fourth-order valence-electron chi connectivity index (χ4n) is 1.02. The van der Waals surface area contributed by atoms with Gasteiger partial charge in [-0.3, -0.25) is 4.79 Å². The van der Waals surface area contributed by atoms with Crippen molar-refractivity contribution in [1.29, 1.82) is 0 Å². The van der Waals surface area contributed by atoms with Crippen molar-refractivity contribution in [2.75, 3.05) is 6.61 Å². The van der Waals surface area contributed by atoms with Crippen LogP contribution in [-0.4, -0.2) is 29.7 Å². The highest BCUT2D eigenvalue weighted by Gasteiger charge is 2.24. The number of carbonyl (C=O) groups excluding carboxylic acids is 1. The summed E-state index contributed by atoms with van der Waals surface area (Å²) < 4.78 is 4.70. The highest BCUT2D eigenvalue weighted by Crippen LogP contribution is 2.38. The number of thioether (sulfide) groups is 1. The van der Waals surface area contributed by atoms with Crippen LogP contribution in [0.1, 0.15) is 33.6 Å². The Bertz CT molecular complexity index is 184. The highest BCUT2D eigenvalue weighted by molar-refractivity contribution is 8.11. The van der Waals surface area contributed by atoms with Crippen LogP contribution in [0.4, 0.5) is 4.79 Å². The Labute approximate surface area is 97.4 Å². The third-order valence-corrected chi connectivity index (χ3v) is 4.49. The quantitative estimate of drug-likeness (QED) is 0.433. The summed E-state index contributed by atoms with van der Waals surface area (Å²) in [6.45, 7) is 6.56. The van der Waals surface area contributed by atoms with Crippen molar-refractivity contribution in [1.82, 2.24) is 0 Å². The topological polar surface area (TPSA) is 26.3 Å². The van der Waals surface area contributed by atoms with Gasteiger partial charge in [0.15, 0.2) is 0 Å². The molecule has 0 spiro atoms. The lowest BCUT2D eigenvalue weighted by Gasteiger charge is -2.28. The molecule has 0 aromatic rings. The van der Waals surface area contributed by atoms with Crippen molar-refractivity contribution in [2.45, 2.75) is 42.9 Å². The SMILES string of the molecule is [B]C(=O)OC[C@H](C)SC(S)(CC)CC. The summed E-state index contributed by atoms with van der Waals surface area (Å²) in [7, 11) is 4.88. The van der Waals surface area contributed by atoms with E-state index in [9.17, 15) is 4.79 Å². The van der Waals surface area contributed by atoms with E-state index in [0.29, 0.717) is 6.61 Å². The zero-order valence-corrected chi connectivity index (χ0v) is 10.7. The number of hydrogen-bond acceptors (Lipinski definition) is 4. The Morgan fingerprint density at radius 1 is 1.57 bits per heavy atom. The van der Waals surface area contributed by atoms with Crippen LogP contribution in [0.15, 0.2) is 0 Å². The second kappa shape index (κ2) is 6.67. The van der Waals surface area contributed by atoms with Crippen LogP contribution in [-0.2, 0) is 4.74 Å². The normalized spacial score (nSPS) is 13.7. The Balaban J connectivity index is 3.90. The molecule has 0 rings (SSSR count). The van der Waals surface area contributed by atoms with Gasteiger partial charge in [-0.15, -0.1) is 11.8 Å². The molecule has 0 aliphatic carbocycles. The average molecular weight is 232 g/mol. The molecule has 2 radical (unpaired) electrons. The molecule has 1 atom stereocenters. The van der Waals surface area contributed by atoms with E-state index in [1.165, 1.54) is 0 Å². The van der Waals surface area contributed by atoms with Crippen molar-refractivity contribution in [2.24, 2.45) is 0 Å². The molecule has 0 N–H and O–H groups in total. The Morgan fingerprint density at radius 3 is 2.43 bits per heavy atom. The number of hydrogen-bond donors (Lipinski definition) is 1. The van der Waals surface area contributed by atoms with Crippen LogP contribution in [0.3, 0.4) is 0 Å². The fraction of sp³-hybridized carbons (Fsp3) is 0.889. The lowest BCUT2D eigenvalue weighted by Crippen LogP contribution is -2.21. The van der Waals surface area contributed by atoms with E-state index in [1.54, 1.807) is 11.8 Å². The summed E-state index contributed by atoms with van der Waals surface area (Å²) in [5, 5.41) is 0.222. The molecular formula is C9H17BO2S2. The first-order valence-corrected chi connectivity index (χ1v) is 6.08. The van der Waals surface area contributed by atoms with Crippen molar-refractivity contribution in [3.8, 4) is 0 Å². The molecule has 0 aliphatic heterocycles. The van der Waals surface area contributed by atoms with Crippen LogP contribution < -0.4 is 0 Å². The predicted molar refractivity (Wildman–Crippen MR) is 66.5 cm³/mol. The van der Waals surface area contributed by atoms with Gasteiger partial charge in [0, 0.05) is 5.25 Å². The van der Waals surface area contributed by atoms with E-state index >= 15 is 0 Å².